The predicted molar refractivity (Wildman–Crippen MR) is 109 cm³/mol. The lowest BCUT2D eigenvalue weighted by Crippen LogP contribution is -2.05. The van der Waals surface area contributed by atoms with Gasteiger partial charge < -0.3 is 0 Å². The fraction of sp³-hybridized carbons (Fsp3) is 0.0909. The number of benzene rings is 3. The number of carbonyl (C=O) groups excluding carboxylic acids is 2. The van der Waals surface area contributed by atoms with Gasteiger partial charge in [-0.2, -0.15) is 0 Å². The van der Waals surface area contributed by atoms with E-state index in [2.05, 4.69) is 0 Å². The summed E-state index contributed by atoms with van der Waals surface area (Å²) >= 11 is 3.04. The first-order valence-electron chi connectivity index (χ1n) is 8.24. The van der Waals surface area contributed by atoms with E-state index in [9.17, 15) is 9.59 Å². The fourth-order valence-corrected chi connectivity index (χ4v) is 3.97. The molecule has 0 amide bonds. The average Bonchev–Trinajstić information content (AvgIpc) is 2.72. The second-order valence-electron chi connectivity index (χ2n) is 5.63. The van der Waals surface area contributed by atoms with Crippen LogP contribution in [0.2, 0.25) is 0 Å². The Hall–Kier alpha value is -2.30. The molecule has 3 rings (SSSR count). The van der Waals surface area contributed by atoms with Gasteiger partial charge in [-0.05, 0) is 24.3 Å². The molecule has 3 aromatic carbocycles. The Balaban J connectivity index is 1.53. The highest BCUT2D eigenvalue weighted by Gasteiger charge is 2.10. The molecule has 3 aromatic rings. The van der Waals surface area contributed by atoms with Crippen molar-refractivity contribution < 1.29 is 9.59 Å². The predicted octanol–water partition coefficient (Wildman–Crippen LogP) is 5.64. The van der Waals surface area contributed by atoms with Crippen LogP contribution in [0.4, 0.5) is 0 Å². The molecule has 0 bridgehead atoms. The Morgan fingerprint density at radius 1 is 0.538 bits per heavy atom. The normalized spacial score (nSPS) is 10.5. The van der Waals surface area contributed by atoms with Gasteiger partial charge in [0.25, 0.3) is 0 Å². The minimum Gasteiger partial charge on any atom is -0.293 e. The number of Topliss-reactive ketones (excluding diaryl/α,β-unsaturated/α-hetero) is 2. The summed E-state index contributed by atoms with van der Waals surface area (Å²) in [6, 6.07) is 26.7. The highest BCUT2D eigenvalue weighted by Crippen LogP contribution is 2.20. The number of carbonyl (C=O) groups is 2. The summed E-state index contributed by atoms with van der Waals surface area (Å²) in [4.78, 5) is 26.7. The number of rotatable bonds is 8. The van der Waals surface area contributed by atoms with E-state index in [4.69, 9.17) is 0 Å². The van der Waals surface area contributed by atoms with Crippen molar-refractivity contribution in [1.29, 1.82) is 0 Å². The van der Waals surface area contributed by atoms with E-state index >= 15 is 0 Å². The smallest absolute Gasteiger partial charge is 0.173 e. The summed E-state index contributed by atoms with van der Waals surface area (Å²) in [7, 11) is 0. The zero-order chi connectivity index (χ0) is 18.2. The zero-order valence-electron chi connectivity index (χ0n) is 14.1. The Kier molecular flexibility index (Phi) is 6.69. The quantitative estimate of drug-likeness (QED) is 0.375. The number of thioether (sulfide) groups is 2. The van der Waals surface area contributed by atoms with Crippen LogP contribution in [-0.2, 0) is 0 Å². The van der Waals surface area contributed by atoms with Crippen LogP contribution in [0.1, 0.15) is 20.7 Å². The Bertz CT molecular complexity index is 785. The second-order valence-corrected chi connectivity index (χ2v) is 7.72. The standard InChI is InChI=1S/C22H18O2S2/c23-21(15-25-19-7-3-1-4-8-19)17-11-13-18(14-12-17)22(24)16-26-20-9-5-2-6-10-20/h1-14H,15-16H2. The topological polar surface area (TPSA) is 34.1 Å². The molecule has 0 aromatic heterocycles. The molecule has 2 nitrogen and oxygen atoms in total. The van der Waals surface area contributed by atoms with E-state index in [0.717, 1.165) is 9.79 Å². The molecular weight excluding hydrogens is 360 g/mol. The van der Waals surface area contributed by atoms with Crippen LogP contribution in [0.3, 0.4) is 0 Å². The Morgan fingerprint density at radius 2 is 0.885 bits per heavy atom. The molecule has 0 atom stereocenters. The van der Waals surface area contributed by atoms with Crippen molar-refractivity contribution in [1.82, 2.24) is 0 Å². The van der Waals surface area contributed by atoms with Crippen molar-refractivity contribution in [2.75, 3.05) is 11.5 Å². The van der Waals surface area contributed by atoms with Gasteiger partial charge in [-0.3, -0.25) is 9.59 Å². The van der Waals surface area contributed by atoms with Gasteiger partial charge in [0.15, 0.2) is 11.6 Å². The molecule has 0 radical (unpaired) electrons. The summed E-state index contributed by atoms with van der Waals surface area (Å²) < 4.78 is 0. The van der Waals surface area contributed by atoms with Crippen molar-refractivity contribution in [3.05, 3.63) is 96.1 Å². The Morgan fingerprint density at radius 3 is 1.23 bits per heavy atom. The van der Waals surface area contributed by atoms with Crippen LogP contribution in [0, 0.1) is 0 Å². The molecule has 4 heteroatoms. The molecule has 0 aliphatic rings. The molecule has 0 spiro atoms. The maximum atomic E-state index is 12.3. The van der Waals surface area contributed by atoms with Gasteiger partial charge in [0, 0.05) is 20.9 Å². The van der Waals surface area contributed by atoms with Gasteiger partial charge >= 0.3 is 0 Å². The van der Waals surface area contributed by atoms with E-state index in [1.54, 1.807) is 24.3 Å². The Labute approximate surface area is 162 Å². The van der Waals surface area contributed by atoms with E-state index in [1.165, 1.54) is 23.5 Å². The summed E-state index contributed by atoms with van der Waals surface area (Å²) in [5, 5.41) is 0. The molecule has 0 fully saturated rings. The third kappa shape index (κ3) is 5.35. The molecule has 130 valence electrons. The first kappa shape index (κ1) is 18.5. The average molecular weight is 379 g/mol. The van der Waals surface area contributed by atoms with Gasteiger partial charge in [-0.1, -0.05) is 60.7 Å². The second kappa shape index (κ2) is 9.41. The third-order valence-electron chi connectivity index (χ3n) is 3.76. The van der Waals surface area contributed by atoms with Crippen LogP contribution in [0.15, 0.2) is 94.7 Å². The van der Waals surface area contributed by atoms with Gasteiger partial charge in [-0.15, -0.1) is 23.5 Å². The summed E-state index contributed by atoms with van der Waals surface area (Å²) in [6.07, 6.45) is 0. The van der Waals surface area contributed by atoms with Crippen molar-refractivity contribution in [3.63, 3.8) is 0 Å². The van der Waals surface area contributed by atoms with Crippen molar-refractivity contribution >= 4 is 35.1 Å². The maximum Gasteiger partial charge on any atom is 0.173 e. The molecule has 0 unspecified atom stereocenters. The van der Waals surface area contributed by atoms with Crippen LogP contribution < -0.4 is 0 Å². The highest BCUT2D eigenvalue weighted by atomic mass is 32.2. The molecule has 0 saturated carbocycles. The lowest BCUT2D eigenvalue weighted by Gasteiger charge is -2.04. The number of ketones is 2. The van der Waals surface area contributed by atoms with Gasteiger partial charge in [0.05, 0.1) is 11.5 Å². The SMILES string of the molecule is O=C(CSc1ccccc1)c1ccc(C(=O)CSc2ccccc2)cc1. The molecule has 0 heterocycles. The van der Waals surface area contributed by atoms with Crippen LogP contribution >= 0.6 is 23.5 Å². The minimum absolute atomic E-state index is 0.0662. The van der Waals surface area contributed by atoms with Crippen molar-refractivity contribution in [2.45, 2.75) is 9.79 Å². The van der Waals surface area contributed by atoms with Gasteiger partial charge in [0.2, 0.25) is 0 Å². The molecule has 0 aliphatic heterocycles. The highest BCUT2D eigenvalue weighted by molar-refractivity contribution is 8.00. The van der Waals surface area contributed by atoms with Crippen LogP contribution in [-0.4, -0.2) is 23.1 Å². The summed E-state index contributed by atoms with van der Waals surface area (Å²) in [5.74, 6) is 0.913. The first-order valence-corrected chi connectivity index (χ1v) is 10.2. The lowest BCUT2D eigenvalue weighted by molar-refractivity contribution is 0.101. The largest absolute Gasteiger partial charge is 0.293 e. The minimum atomic E-state index is 0.0662. The van der Waals surface area contributed by atoms with E-state index in [0.29, 0.717) is 22.6 Å². The van der Waals surface area contributed by atoms with Gasteiger partial charge in [0.1, 0.15) is 0 Å². The molecule has 0 aliphatic carbocycles. The fourth-order valence-electron chi connectivity index (χ4n) is 2.34. The van der Waals surface area contributed by atoms with E-state index in [-0.39, 0.29) is 11.6 Å². The van der Waals surface area contributed by atoms with Crippen molar-refractivity contribution in [2.24, 2.45) is 0 Å². The maximum absolute atomic E-state index is 12.3. The monoisotopic (exact) mass is 378 g/mol. The third-order valence-corrected chi connectivity index (χ3v) is 5.78. The number of hydrogen-bond acceptors (Lipinski definition) is 4. The number of hydrogen-bond donors (Lipinski definition) is 0. The van der Waals surface area contributed by atoms with E-state index < -0.39 is 0 Å². The lowest BCUT2D eigenvalue weighted by atomic mass is 10.1. The van der Waals surface area contributed by atoms with Crippen LogP contribution in [0.5, 0.6) is 0 Å². The molecule has 26 heavy (non-hydrogen) atoms. The molecule has 0 saturated heterocycles. The van der Waals surface area contributed by atoms with Gasteiger partial charge in [-0.25, -0.2) is 0 Å². The van der Waals surface area contributed by atoms with Crippen molar-refractivity contribution in [3.8, 4) is 0 Å². The van der Waals surface area contributed by atoms with Crippen LogP contribution in [0.25, 0.3) is 0 Å². The summed E-state index contributed by atoms with van der Waals surface area (Å²) in [6.45, 7) is 0. The first-order chi connectivity index (χ1) is 12.7. The molecule has 0 N–H and O–H groups in total. The van der Waals surface area contributed by atoms with E-state index in [1.807, 2.05) is 60.7 Å². The molecular formula is C22H18O2S2. The summed E-state index contributed by atoms with van der Waals surface area (Å²) in [5.41, 5.74) is 1.28. The zero-order valence-corrected chi connectivity index (χ0v) is 15.8.